The van der Waals surface area contributed by atoms with E-state index in [2.05, 4.69) is 15.4 Å². The van der Waals surface area contributed by atoms with E-state index in [0.717, 1.165) is 6.07 Å². The maximum atomic E-state index is 13.0. The molecule has 0 aromatic heterocycles. The topological polar surface area (TPSA) is 84.5 Å². The highest BCUT2D eigenvalue weighted by Gasteiger charge is 2.22. The van der Waals surface area contributed by atoms with Crippen molar-refractivity contribution in [1.82, 2.24) is 10.6 Å². The first kappa shape index (κ1) is 18.6. The van der Waals surface area contributed by atoms with Gasteiger partial charge in [0.2, 0.25) is 5.91 Å². The van der Waals surface area contributed by atoms with Crippen LogP contribution in [0.4, 0.5) is 4.39 Å². The molecule has 1 atom stereocenters. The van der Waals surface area contributed by atoms with Crippen molar-refractivity contribution in [2.24, 2.45) is 5.92 Å². The summed E-state index contributed by atoms with van der Waals surface area (Å²) in [4.78, 5) is 35.3. The predicted molar refractivity (Wildman–Crippen MR) is 82.1 cm³/mol. The molecule has 0 bridgehead atoms. The van der Waals surface area contributed by atoms with Crippen LogP contribution in [0.5, 0.6) is 0 Å². The molecule has 0 aliphatic carbocycles. The van der Waals surface area contributed by atoms with Crippen molar-refractivity contribution < 1.29 is 23.5 Å². The third-order valence-electron chi connectivity index (χ3n) is 3.02. The molecule has 7 heteroatoms. The third kappa shape index (κ3) is 6.46. The van der Waals surface area contributed by atoms with Crippen molar-refractivity contribution in [1.29, 1.82) is 0 Å². The van der Waals surface area contributed by atoms with Crippen molar-refractivity contribution in [2.45, 2.75) is 26.3 Å². The quantitative estimate of drug-likeness (QED) is 0.740. The molecule has 1 aromatic carbocycles. The number of halogens is 1. The fourth-order valence-electron chi connectivity index (χ4n) is 1.97. The predicted octanol–water partition coefficient (Wildman–Crippen LogP) is 1.26. The number of nitrogens with one attached hydrogen (secondary N) is 2. The molecule has 23 heavy (non-hydrogen) atoms. The minimum absolute atomic E-state index is 0.115. The van der Waals surface area contributed by atoms with Gasteiger partial charge in [0.15, 0.2) is 0 Å². The van der Waals surface area contributed by atoms with Crippen LogP contribution in [0.2, 0.25) is 0 Å². The van der Waals surface area contributed by atoms with E-state index in [4.69, 9.17) is 0 Å². The lowest BCUT2D eigenvalue weighted by Gasteiger charge is -2.18. The summed E-state index contributed by atoms with van der Waals surface area (Å²) in [5.41, 5.74) is 0.115. The maximum Gasteiger partial charge on any atom is 0.328 e. The lowest BCUT2D eigenvalue weighted by atomic mass is 10.0. The molecule has 6 nitrogen and oxygen atoms in total. The van der Waals surface area contributed by atoms with E-state index in [1.807, 2.05) is 13.8 Å². The Morgan fingerprint density at radius 2 is 1.96 bits per heavy atom. The van der Waals surface area contributed by atoms with E-state index >= 15 is 0 Å². The van der Waals surface area contributed by atoms with Crippen molar-refractivity contribution in [3.8, 4) is 0 Å². The van der Waals surface area contributed by atoms with Gasteiger partial charge in [-0.3, -0.25) is 9.59 Å². The standard InChI is InChI=1S/C16H21FN2O4/c1-10(2)7-13(16(22)23-3)19-14(20)9-18-15(21)11-5-4-6-12(17)8-11/h4-6,8,10,13H,7,9H2,1-3H3,(H,18,21)(H,19,20). The number of hydrogen-bond donors (Lipinski definition) is 2. The Labute approximate surface area is 134 Å². The molecule has 126 valence electrons. The van der Waals surface area contributed by atoms with Gasteiger partial charge in [-0.1, -0.05) is 19.9 Å². The van der Waals surface area contributed by atoms with Gasteiger partial charge in [0.25, 0.3) is 5.91 Å². The summed E-state index contributed by atoms with van der Waals surface area (Å²) in [7, 11) is 1.24. The van der Waals surface area contributed by atoms with Gasteiger partial charge in [-0.2, -0.15) is 0 Å². The fourth-order valence-corrected chi connectivity index (χ4v) is 1.97. The van der Waals surface area contributed by atoms with Crippen LogP contribution in [0.3, 0.4) is 0 Å². The molecule has 1 aromatic rings. The van der Waals surface area contributed by atoms with Gasteiger partial charge < -0.3 is 15.4 Å². The second kappa shape index (κ2) is 8.87. The summed E-state index contributed by atoms with van der Waals surface area (Å²) in [6.45, 7) is 3.50. The van der Waals surface area contributed by atoms with Gasteiger partial charge in [-0.25, -0.2) is 9.18 Å². The molecular weight excluding hydrogens is 303 g/mol. The van der Waals surface area contributed by atoms with Crippen LogP contribution in [0.1, 0.15) is 30.6 Å². The number of esters is 1. The minimum atomic E-state index is -0.765. The molecule has 0 heterocycles. The van der Waals surface area contributed by atoms with E-state index in [-0.39, 0.29) is 18.0 Å². The van der Waals surface area contributed by atoms with E-state index in [0.29, 0.717) is 6.42 Å². The highest BCUT2D eigenvalue weighted by molar-refractivity contribution is 5.96. The molecule has 1 rings (SSSR count). The van der Waals surface area contributed by atoms with Gasteiger partial charge in [-0.05, 0) is 30.5 Å². The Balaban J connectivity index is 2.54. The zero-order valence-electron chi connectivity index (χ0n) is 13.4. The van der Waals surface area contributed by atoms with Gasteiger partial charge >= 0.3 is 5.97 Å². The number of rotatable bonds is 7. The number of hydrogen-bond acceptors (Lipinski definition) is 4. The van der Waals surface area contributed by atoms with E-state index in [1.54, 1.807) is 0 Å². The first-order valence-corrected chi connectivity index (χ1v) is 7.24. The summed E-state index contributed by atoms with van der Waals surface area (Å²) in [5, 5.41) is 4.89. The van der Waals surface area contributed by atoms with Crippen LogP contribution in [-0.4, -0.2) is 37.5 Å². The molecular formula is C16H21FN2O4. The average molecular weight is 324 g/mol. The van der Waals surface area contributed by atoms with Crippen LogP contribution in [0, 0.1) is 11.7 Å². The SMILES string of the molecule is COC(=O)C(CC(C)C)NC(=O)CNC(=O)c1cccc(F)c1. The Bertz CT molecular complexity index is 575. The van der Waals surface area contributed by atoms with Gasteiger partial charge in [0.05, 0.1) is 13.7 Å². The number of carbonyl (C=O) groups is 3. The molecule has 0 radical (unpaired) electrons. The molecule has 0 spiro atoms. The minimum Gasteiger partial charge on any atom is -0.467 e. The lowest BCUT2D eigenvalue weighted by Crippen LogP contribution is -2.46. The Morgan fingerprint density at radius 3 is 2.52 bits per heavy atom. The lowest BCUT2D eigenvalue weighted by molar-refractivity contribution is -0.145. The molecule has 2 amide bonds. The smallest absolute Gasteiger partial charge is 0.328 e. The second-order valence-corrected chi connectivity index (χ2v) is 5.47. The summed E-state index contributed by atoms with van der Waals surface area (Å²) in [5.74, 6) is -1.99. The summed E-state index contributed by atoms with van der Waals surface area (Å²) >= 11 is 0. The molecule has 0 aliphatic rings. The molecule has 0 aliphatic heterocycles. The molecule has 2 N–H and O–H groups in total. The number of methoxy groups -OCH3 is 1. The molecule has 0 fully saturated rings. The monoisotopic (exact) mass is 324 g/mol. The Hall–Kier alpha value is -2.44. The van der Waals surface area contributed by atoms with Crippen molar-refractivity contribution in [3.63, 3.8) is 0 Å². The van der Waals surface area contributed by atoms with Gasteiger partial charge in [0, 0.05) is 5.56 Å². The number of ether oxygens (including phenoxy) is 1. The van der Waals surface area contributed by atoms with Crippen LogP contribution in [0.15, 0.2) is 24.3 Å². The largest absolute Gasteiger partial charge is 0.467 e. The first-order valence-electron chi connectivity index (χ1n) is 7.24. The molecule has 0 saturated heterocycles. The zero-order chi connectivity index (χ0) is 17.4. The van der Waals surface area contributed by atoms with Crippen LogP contribution in [-0.2, 0) is 14.3 Å². The highest BCUT2D eigenvalue weighted by Crippen LogP contribution is 2.06. The van der Waals surface area contributed by atoms with Gasteiger partial charge in [-0.15, -0.1) is 0 Å². The van der Waals surface area contributed by atoms with E-state index in [1.165, 1.54) is 25.3 Å². The van der Waals surface area contributed by atoms with Crippen molar-refractivity contribution >= 4 is 17.8 Å². The Morgan fingerprint density at radius 1 is 1.26 bits per heavy atom. The van der Waals surface area contributed by atoms with Crippen molar-refractivity contribution in [2.75, 3.05) is 13.7 Å². The normalized spacial score (nSPS) is 11.7. The van der Waals surface area contributed by atoms with Crippen LogP contribution < -0.4 is 10.6 Å². The molecule has 0 saturated carbocycles. The van der Waals surface area contributed by atoms with E-state index in [9.17, 15) is 18.8 Å². The molecule has 1 unspecified atom stereocenters. The first-order chi connectivity index (χ1) is 10.8. The van der Waals surface area contributed by atoms with Crippen molar-refractivity contribution in [3.05, 3.63) is 35.6 Å². The highest BCUT2D eigenvalue weighted by atomic mass is 19.1. The summed E-state index contributed by atoms with van der Waals surface area (Å²) in [6.07, 6.45) is 0.427. The average Bonchev–Trinajstić information content (AvgIpc) is 2.50. The Kier molecular flexibility index (Phi) is 7.18. The zero-order valence-corrected chi connectivity index (χ0v) is 13.4. The summed E-state index contributed by atoms with van der Waals surface area (Å²) < 4.78 is 17.7. The number of benzene rings is 1. The number of carbonyl (C=O) groups excluding carboxylic acids is 3. The van der Waals surface area contributed by atoms with Crippen LogP contribution in [0.25, 0.3) is 0 Å². The van der Waals surface area contributed by atoms with Gasteiger partial charge in [0.1, 0.15) is 11.9 Å². The second-order valence-electron chi connectivity index (χ2n) is 5.47. The fraction of sp³-hybridized carbons (Fsp3) is 0.438. The summed E-state index contributed by atoms with van der Waals surface area (Å²) in [6, 6.07) is 4.37. The van der Waals surface area contributed by atoms with E-state index < -0.39 is 29.6 Å². The number of amides is 2. The third-order valence-corrected chi connectivity index (χ3v) is 3.02. The van der Waals surface area contributed by atoms with Crippen LogP contribution >= 0.6 is 0 Å². The maximum absolute atomic E-state index is 13.0.